The molecule has 0 fully saturated rings. The van der Waals surface area contributed by atoms with Crippen molar-refractivity contribution >= 4 is 17.5 Å². The highest BCUT2D eigenvalue weighted by atomic mass is 16.3. The fourth-order valence-corrected chi connectivity index (χ4v) is 4.19. The van der Waals surface area contributed by atoms with Gasteiger partial charge >= 0.3 is 0 Å². The lowest BCUT2D eigenvalue weighted by Gasteiger charge is -2.27. The first-order valence-corrected chi connectivity index (χ1v) is 11.5. The summed E-state index contributed by atoms with van der Waals surface area (Å²) in [6, 6.07) is 15.0. The van der Waals surface area contributed by atoms with Crippen molar-refractivity contribution in [2.75, 3.05) is 10.6 Å². The normalized spacial score (nSPS) is 15.5. The Morgan fingerprint density at radius 2 is 1.86 bits per heavy atom. The van der Waals surface area contributed by atoms with Crippen LogP contribution in [0.3, 0.4) is 0 Å². The van der Waals surface area contributed by atoms with E-state index in [1.54, 1.807) is 29.2 Å². The van der Waals surface area contributed by atoms with E-state index in [1.165, 1.54) is 5.56 Å². The number of amides is 1. The van der Waals surface area contributed by atoms with Crippen molar-refractivity contribution in [1.29, 1.82) is 0 Å². The second-order valence-corrected chi connectivity index (χ2v) is 9.74. The van der Waals surface area contributed by atoms with E-state index in [0.29, 0.717) is 34.5 Å². The SMILES string of the molecule is CC1=C(C(=O)Nc2cccnc2)C(c2ccc(C)o2)n2nc(-c3ccc(C(C)(C)C)cc3)nc2N1. The predicted molar refractivity (Wildman–Crippen MR) is 135 cm³/mol. The number of fused-ring (bicyclic) bond motifs is 1. The number of hydrogen-bond acceptors (Lipinski definition) is 6. The first kappa shape index (κ1) is 22.6. The fourth-order valence-electron chi connectivity index (χ4n) is 4.19. The van der Waals surface area contributed by atoms with Crippen molar-refractivity contribution in [1.82, 2.24) is 19.7 Å². The third-order valence-electron chi connectivity index (χ3n) is 6.06. The van der Waals surface area contributed by atoms with Crippen LogP contribution in [0.15, 0.2) is 76.6 Å². The van der Waals surface area contributed by atoms with Crippen LogP contribution in [0.4, 0.5) is 11.6 Å². The van der Waals surface area contributed by atoms with Gasteiger partial charge in [0.2, 0.25) is 5.95 Å². The molecule has 35 heavy (non-hydrogen) atoms. The van der Waals surface area contributed by atoms with Gasteiger partial charge in [0, 0.05) is 17.5 Å². The minimum absolute atomic E-state index is 0.0563. The molecule has 1 aliphatic rings. The Balaban J connectivity index is 1.55. The molecule has 1 amide bonds. The van der Waals surface area contributed by atoms with E-state index in [-0.39, 0.29) is 11.3 Å². The Hall–Kier alpha value is -4.20. The molecule has 8 heteroatoms. The molecule has 3 aromatic heterocycles. The quantitative estimate of drug-likeness (QED) is 0.412. The molecule has 4 aromatic rings. The fraction of sp³-hybridized carbons (Fsp3) is 0.259. The predicted octanol–water partition coefficient (Wildman–Crippen LogP) is 5.47. The van der Waals surface area contributed by atoms with E-state index in [1.807, 2.05) is 38.1 Å². The minimum Gasteiger partial charge on any atom is -0.464 e. The summed E-state index contributed by atoms with van der Waals surface area (Å²) in [6.45, 7) is 10.3. The molecular formula is C27H28N6O2. The van der Waals surface area contributed by atoms with Crippen molar-refractivity contribution in [3.8, 4) is 11.4 Å². The molecule has 0 aliphatic carbocycles. The Labute approximate surface area is 204 Å². The first-order chi connectivity index (χ1) is 16.7. The largest absolute Gasteiger partial charge is 0.464 e. The highest BCUT2D eigenvalue weighted by Gasteiger charge is 2.36. The number of rotatable bonds is 4. The molecule has 0 bridgehead atoms. The number of aromatic nitrogens is 4. The van der Waals surface area contributed by atoms with E-state index in [2.05, 4.69) is 48.5 Å². The molecule has 2 N–H and O–H groups in total. The van der Waals surface area contributed by atoms with Crippen molar-refractivity contribution in [3.05, 3.63) is 89.3 Å². The monoisotopic (exact) mass is 468 g/mol. The summed E-state index contributed by atoms with van der Waals surface area (Å²) in [4.78, 5) is 22.3. The topological polar surface area (TPSA) is 97.9 Å². The molecule has 4 heterocycles. The van der Waals surface area contributed by atoms with Gasteiger partial charge in [-0.25, -0.2) is 4.68 Å². The average molecular weight is 469 g/mol. The number of pyridine rings is 1. The second-order valence-electron chi connectivity index (χ2n) is 9.74. The van der Waals surface area contributed by atoms with Crippen LogP contribution in [0, 0.1) is 6.92 Å². The summed E-state index contributed by atoms with van der Waals surface area (Å²) < 4.78 is 7.70. The summed E-state index contributed by atoms with van der Waals surface area (Å²) in [6.07, 6.45) is 3.27. The molecule has 1 atom stereocenters. The number of carbonyl (C=O) groups excluding carboxylic acids is 1. The Morgan fingerprint density at radius 3 is 2.49 bits per heavy atom. The summed E-state index contributed by atoms with van der Waals surface area (Å²) >= 11 is 0. The molecule has 0 radical (unpaired) electrons. The first-order valence-electron chi connectivity index (χ1n) is 11.5. The molecule has 5 rings (SSSR count). The number of allylic oxidation sites excluding steroid dienone is 1. The number of nitrogens with zero attached hydrogens (tertiary/aromatic N) is 4. The molecule has 1 aromatic carbocycles. The van der Waals surface area contributed by atoms with Gasteiger partial charge < -0.3 is 15.1 Å². The van der Waals surface area contributed by atoms with E-state index in [0.717, 1.165) is 11.3 Å². The van der Waals surface area contributed by atoms with Crippen molar-refractivity contribution in [2.45, 2.75) is 46.1 Å². The van der Waals surface area contributed by atoms with Gasteiger partial charge in [0.05, 0.1) is 17.5 Å². The van der Waals surface area contributed by atoms with Crippen LogP contribution in [0.25, 0.3) is 11.4 Å². The summed E-state index contributed by atoms with van der Waals surface area (Å²) in [7, 11) is 0. The van der Waals surface area contributed by atoms with Crippen molar-refractivity contribution in [3.63, 3.8) is 0 Å². The van der Waals surface area contributed by atoms with Crippen LogP contribution in [0.1, 0.15) is 50.8 Å². The standard InChI is InChI=1S/C27H28N6O2/c1-16-8-13-21(35-16)23-22(25(34)30-20-7-6-14-28-15-20)17(2)29-26-31-24(32-33(23)26)18-9-11-19(12-10-18)27(3,4)5/h6-15,23H,1-5H3,(H,30,34)(H,29,31,32). The zero-order chi connectivity index (χ0) is 24.7. The Bertz CT molecular complexity index is 1410. The second kappa shape index (κ2) is 8.54. The van der Waals surface area contributed by atoms with E-state index < -0.39 is 6.04 Å². The van der Waals surface area contributed by atoms with Gasteiger partial charge in [-0.05, 0) is 49.1 Å². The van der Waals surface area contributed by atoms with Gasteiger partial charge in [-0.2, -0.15) is 4.98 Å². The maximum Gasteiger partial charge on any atom is 0.256 e. The van der Waals surface area contributed by atoms with E-state index in [9.17, 15) is 4.79 Å². The summed E-state index contributed by atoms with van der Waals surface area (Å²) in [5.41, 5.74) is 3.97. The lowest BCUT2D eigenvalue weighted by atomic mass is 9.87. The van der Waals surface area contributed by atoms with Gasteiger partial charge in [0.15, 0.2) is 5.82 Å². The number of anilines is 2. The summed E-state index contributed by atoms with van der Waals surface area (Å²) in [5, 5.41) is 11.0. The number of aryl methyl sites for hydroxylation is 1. The highest BCUT2D eigenvalue weighted by molar-refractivity contribution is 6.05. The van der Waals surface area contributed by atoms with Crippen LogP contribution in [0.2, 0.25) is 0 Å². The van der Waals surface area contributed by atoms with Crippen molar-refractivity contribution in [2.24, 2.45) is 0 Å². The Morgan fingerprint density at radius 1 is 1.09 bits per heavy atom. The minimum atomic E-state index is -0.577. The number of carbonyl (C=O) groups is 1. The molecular weight excluding hydrogens is 440 g/mol. The van der Waals surface area contributed by atoms with Crippen LogP contribution < -0.4 is 10.6 Å². The molecule has 1 unspecified atom stereocenters. The lowest BCUT2D eigenvalue weighted by Crippen LogP contribution is -2.31. The number of hydrogen-bond donors (Lipinski definition) is 2. The Kier molecular flexibility index (Phi) is 5.51. The van der Waals surface area contributed by atoms with Crippen LogP contribution in [-0.2, 0) is 10.2 Å². The van der Waals surface area contributed by atoms with E-state index in [4.69, 9.17) is 14.5 Å². The summed E-state index contributed by atoms with van der Waals surface area (Å²) in [5.74, 6) is 2.22. The zero-order valence-electron chi connectivity index (χ0n) is 20.5. The molecule has 178 valence electrons. The molecule has 8 nitrogen and oxygen atoms in total. The number of furan rings is 1. The molecule has 0 saturated carbocycles. The molecule has 0 saturated heterocycles. The number of benzene rings is 1. The van der Waals surface area contributed by atoms with Gasteiger partial charge in [-0.3, -0.25) is 9.78 Å². The maximum atomic E-state index is 13.4. The highest BCUT2D eigenvalue weighted by Crippen LogP contribution is 2.37. The van der Waals surface area contributed by atoms with Crippen LogP contribution >= 0.6 is 0 Å². The smallest absolute Gasteiger partial charge is 0.256 e. The lowest BCUT2D eigenvalue weighted by molar-refractivity contribution is -0.113. The zero-order valence-corrected chi connectivity index (χ0v) is 20.5. The molecule has 0 spiro atoms. The van der Waals surface area contributed by atoms with Gasteiger partial charge in [0.25, 0.3) is 5.91 Å². The van der Waals surface area contributed by atoms with Crippen LogP contribution in [0.5, 0.6) is 0 Å². The van der Waals surface area contributed by atoms with Crippen molar-refractivity contribution < 1.29 is 9.21 Å². The average Bonchev–Trinajstić information content (AvgIpc) is 3.44. The van der Waals surface area contributed by atoms with Gasteiger partial charge in [-0.15, -0.1) is 5.10 Å². The van der Waals surface area contributed by atoms with Gasteiger partial charge in [0.1, 0.15) is 17.6 Å². The number of nitrogens with one attached hydrogen (secondary N) is 2. The van der Waals surface area contributed by atoms with Gasteiger partial charge in [-0.1, -0.05) is 45.0 Å². The third kappa shape index (κ3) is 4.35. The molecule has 1 aliphatic heterocycles. The third-order valence-corrected chi connectivity index (χ3v) is 6.06. The van der Waals surface area contributed by atoms with E-state index >= 15 is 0 Å². The van der Waals surface area contributed by atoms with Crippen LogP contribution in [-0.4, -0.2) is 25.7 Å². The maximum absolute atomic E-state index is 13.4.